The topological polar surface area (TPSA) is 74.8 Å². The fraction of sp³-hybridized carbons (Fsp3) is 0.429. The zero-order chi connectivity index (χ0) is 15.4. The minimum atomic E-state index is -0.648. The molecule has 0 heterocycles. The number of carbonyl (C=O) groups is 2. The first-order valence-corrected chi connectivity index (χ1v) is 6.84. The van der Waals surface area contributed by atoms with E-state index in [4.69, 9.17) is 0 Å². The van der Waals surface area contributed by atoms with E-state index in [1.54, 1.807) is 12.2 Å². The molecule has 1 fully saturated rings. The lowest BCUT2D eigenvalue weighted by molar-refractivity contribution is -0.682. The average molecular weight is 298 g/mol. The van der Waals surface area contributed by atoms with E-state index in [2.05, 4.69) is 10.6 Å². The summed E-state index contributed by atoms with van der Waals surface area (Å²) in [6, 6.07) is 2.64. The van der Waals surface area contributed by atoms with Crippen LogP contribution >= 0.6 is 0 Å². The zero-order valence-electron chi connectivity index (χ0n) is 11.7. The van der Waals surface area contributed by atoms with Gasteiger partial charge in [-0.25, -0.2) is 13.6 Å². The predicted molar refractivity (Wildman–Crippen MR) is 71.3 cm³/mol. The van der Waals surface area contributed by atoms with E-state index in [9.17, 15) is 18.4 Å². The van der Waals surface area contributed by atoms with Crippen LogP contribution in [0.15, 0.2) is 18.2 Å². The van der Waals surface area contributed by atoms with Crippen LogP contribution < -0.4 is 16.0 Å². The van der Waals surface area contributed by atoms with E-state index >= 15 is 0 Å². The number of nitrogens with one attached hydrogen (secondary N) is 2. The van der Waals surface area contributed by atoms with Gasteiger partial charge in [-0.1, -0.05) is 0 Å². The zero-order valence-corrected chi connectivity index (χ0v) is 11.7. The van der Waals surface area contributed by atoms with Gasteiger partial charge in [0.15, 0.2) is 6.54 Å². The Hall–Kier alpha value is -2.02. The number of imide groups is 1. The van der Waals surface area contributed by atoms with Crippen LogP contribution in [0.4, 0.5) is 13.6 Å². The maximum absolute atomic E-state index is 13.6. The SMILES string of the molecule is C[C@H]([NH2+]CC(=O)NC(=O)NC1CC1)c1ccc(F)cc1F. The first-order chi connectivity index (χ1) is 9.95. The van der Waals surface area contributed by atoms with Gasteiger partial charge in [0.25, 0.3) is 5.91 Å². The van der Waals surface area contributed by atoms with Crippen LogP contribution in [0.2, 0.25) is 0 Å². The van der Waals surface area contributed by atoms with Gasteiger partial charge in [-0.05, 0) is 31.9 Å². The molecule has 114 valence electrons. The van der Waals surface area contributed by atoms with Crippen molar-refractivity contribution in [2.45, 2.75) is 31.8 Å². The number of hydrogen-bond acceptors (Lipinski definition) is 2. The Kier molecular flexibility index (Phi) is 4.85. The Bertz CT molecular complexity index is 547. The number of quaternary nitrogens is 1. The summed E-state index contributed by atoms with van der Waals surface area (Å²) in [6.07, 6.45) is 1.88. The van der Waals surface area contributed by atoms with E-state index in [0.717, 1.165) is 18.9 Å². The average Bonchev–Trinajstić information content (AvgIpc) is 3.19. The van der Waals surface area contributed by atoms with Crippen LogP contribution in [-0.2, 0) is 4.79 Å². The maximum atomic E-state index is 13.6. The lowest BCUT2D eigenvalue weighted by atomic mass is 10.1. The van der Waals surface area contributed by atoms with Crippen LogP contribution in [0.25, 0.3) is 0 Å². The molecular weight excluding hydrogens is 280 g/mol. The second-order valence-electron chi connectivity index (χ2n) is 5.19. The molecule has 1 aliphatic rings. The first kappa shape index (κ1) is 15.4. The smallest absolute Gasteiger partial charge is 0.321 e. The van der Waals surface area contributed by atoms with Gasteiger partial charge < -0.3 is 10.6 Å². The van der Waals surface area contributed by atoms with E-state index in [-0.39, 0.29) is 18.6 Å². The number of rotatable bonds is 5. The summed E-state index contributed by atoms with van der Waals surface area (Å²) < 4.78 is 26.4. The molecule has 2 rings (SSSR count). The van der Waals surface area contributed by atoms with Gasteiger partial charge in [0.05, 0.1) is 0 Å². The fourth-order valence-corrected chi connectivity index (χ4v) is 1.91. The van der Waals surface area contributed by atoms with E-state index in [1.807, 2.05) is 0 Å². The van der Waals surface area contributed by atoms with Gasteiger partial charge in [0, 0.05) is 17.7 Å². The van der Waals surface area contributed by atoms with E-state index in [0.29, 0.717) is 5.56 Å². The lowest BCUT2D eigenvalue weighted by Gasteiger charge is -2.12. The number of hydrogen-bond donors (Lipinski definition) is 3. The van der Waals surface area contributed by atoms with Crippen LogP contribution in [0, 0.1) is 11.6 Å². The third kappa shape index (κ3) is 4.78. The molecule has 3 amide bonds. The third-order valence-corrected chi connectivity index (χ3v) is 3.28. The maximum Gasteiger partial charge on any atom is 0.321 e. The largest absolute Gasteiger partial charge is 0.335 e. The normalized spacial score (nSPS) is 15.4. The van der Waals surface area contributed by atoms with Gasteiger partial charge in [0.2, 0.25) is 0 Å². The molecule has 21 heavy (non-hydrogen) atoms. The molecule has 7 heteroatoms. The van der Waals surface area contributed by atoms with E-state index < -0.39 is 23.6 Å². The quantitative estimate of drug-likeness (QED) is 0.744. The molecule has 0 aromatic heterocycles. The van der Waals surface area contributed by atoms with Crippen molar-refractivity contribution in [2.24, 2.45) is 0 Å². The summed E-state index contributed by atoms with van der Waals surface area (Å²) >= 11 is 0. The molecule has 0 bridgehead atoms. The number of halogens is 2. The minimum absolute atomic E-state index is 0.0178. The fourth-order valence-electron chi connectivity index (χ4n) is 1.91. The van der Waals surface area contributed by atoms with Gasteiger partial charge in [0.1, 0.15) is 17.7 Å². The summed E-state index contributed by atoms with van der Waals surface area (Å²) in [7, 11) is 0. The van der Waals surface area contributed by atoms with Crippen molar-refractivity contribution in [3.8, 4) is 0 Å². The molecule has 1 aromatic carbocycles. The minimum Gasteiger partial charge on any atom is -0.335 e. The van der Waals surface area contributed by atoms with Crippen molar-refractivity contribution < 1.29 is 23.7 Å². The number of carbonyl (C=O) groups excluding carboxylic acids is 2. The summed E-state index contributed by atoms with van der Waals surface area (Å²) in [6.45, 7) is 1.68. The van der Waals surface area contributed by atoms with Gasteiger partial charge in [-0.2, -0.15) is 0 Å². The van der Waals surface area contributed by atoms with Crippen LogP contribution in [0.3, 0.4) is 0 Å². The highest BCUT2D eigenvalue weighted by molar-refractivity contribution is 5.94. The molecule has 0 unspecified atom stereocenters. The second kappa shape index (κ2) is 6.62. The third-order valence-electron chi connectivity index (χ3n) is 3.28. The molecule has 0 spiro atoms. The second-order valence-corrected chi connectivity index (χ2v) is 5.19. The number of amides is 3. The molecule has 5 nitrogen and oxygen atoms in total. The number of urea groups is 1. The summed E-state index contributed by atoms with van der Waals surface area (Å²) in [5.74, 6) is -1.74. The molecule has 1 aromatic rings. The summed E-state index contributed by atoms with van der Waals surface area (Å²) in [4.78, 5) is 22.9. The van der Waals surface area contributed by atoms with Crippen LogP contribution in [0.1, 0.15) is 31.4 Å². The molecule has 0 radical (unpaired) electrons. The van der Waals surface area contributed by atoms with Gasteiger partial charge in [-0.15, -0.1) is 0 Å². The van der Waals surface area contributed by atoms with Crippen LogP contribution in [0.5, 0.6) is 0 Å². The Balaban J connectivity index is 1.78. The standard InChI is InChI=1S/C14H17F2N3O2/c1-8(11-5-2-9(15)6-12(11)16)17-7-13(20)19-14(21)18-10-3-4-10/h2,5-6,8,10,17H,3-4,7H2,1H3,(H2,18,19,20,21)/p+1/t8-/m0/s1. The van der Waals surface area contributed by atoms with Crippen molar-refractivity contribution in [1.82, 2.24) is 10.6 Å². The van der Waals surface area contributed by atoms with Crippen molar-refractivity contribution in [3.63, 3.8) is 0 Å². The molecule has 1 saturated carbocycles. The monoisotopic (exact) mass is 298 g/mol. The molecule has 1 aliphatic carbocycles. The summed E-state index contributed by atoms with van der Waals surface area (Å²) in [5.41, 5.74) is 0.312. The predicted octanol–water partition coefficient (Wildman–Crippen LogP) is 0.577. The van der Waals surface area contributed by atoms with Gasteiger partial charge >= 0.3 is 6.03 Å². The Morgan fingerprint density at radius 1 is 1.38 bits per heavy atom. The number of benzene rings is 1. The highest BCUT2D eigenvalue weighted by atomic mass is 19.1. The first-order valence-electron chi connectivity index (χ1n) is 6.84. The van der Waals surface area contributed by atoms with Crippen molar-refractivity contribution in [1.29, 1.82) is 0 Å². The Morgan fingerprint density at radius 3 is 2.71 bits per heavy atom. The van der Waals surface area contributed by atoms with E-state index in [1.165, 1.54) is 12.1 Å². The van der Waals surface area contributed by atoms with Crippen molar-refractivity contribution in [2.75, 3.05) is 6.54 Å². The lowest BCUT2D eigenvalue weighted by Crippen LogP contribution is -2.87. The highest BCUT2D eigenvalue weighted by Gasteiger charge is 2.24. The van der Waals surface area contributed by atoms with Crippen molar-refractivity contribution in [3.05, 3.63) is 35.4 Å². The molecule has 0 aliphatic heterocycles. The molecule has 4 N–H and O–H groups in total. The number of nitrogens with two attached hydrogens (primary N) is 1. The summed E-state index contributed by atoms with van der Waals surface area (Å²) in [5, 5.41) is 6.42. The molecular formula is C14H18F2N3O2+. The Morgan fingerprint density at radius 2 is 2.10 bits per heavy atom. The van der Waals surface area contributed by atoms with Crippen LogP contribution in [-0.4, -0.2) is 24.5 Å². The Labute approximate surface area is 121 Å². The molecule has 1 atom stereocenters. The van der Waals surface area contributed by atoms with Gasteiger partial charge in [-0.3, -0.25) is 10.1 Å². The molecule has 0 saturated heterocycles. The van der Waals surface area contributed by atoms with Crippen molar-refractivity contribution >= 4 is 11.9 Å². The highest BCUT2D eigenvalue weighted by Crippen LogP contribution is 2.18.